The number of nitrogens with zero attached hydrogens (tertiary/aromatic N) is 2. The first-order valence-corrected chi connectivity index (χ1v) is 6.38. The standard InChI is InChI=1S/C13H20N4O2/c1-17(2)12-4-3-9(6-15-12)13(19)16-7-10-5-14-8-11(10)18/h3-4,6,10-11,14,18H,5,7-8H2,1-2H3,(H,16,19). The first-order valence-electron chi connectivity index (χ1n) is 6.38. The lowest BCUT2D eigenvalue weighted by Gasteiger charge is -2.14. The van der Waals surface area contributed by atoms with Crippen LogP contribution in [0.5, 0.6) is 0 Å². The molecule has 1 aliphatic heterocycles. The van der Waals surface area contributed by atoms with Gasteiger partial charge in [-0.2, -0.15) is 0 Å². The Labute approximate surface area is 112 Å². The van der Waals surface area contributed by atoms with Crippen LogP contribution in [0, 0.1) is 5.92 Å². The van der Waals surface area contributed by atoms with Crippen LogP contribution in [0.3, 0.4) is 0 Å². The van der Waals surface area contributed by atoms with E-state index in [-0.39, 0.29) is 17.9 Å². The zero-order chi connectivity index (χ0) is 13.8. The van der Waals surface area contributed by atoms with Crippen molar-refractivity contribution in [2.24, 2.45) is 5.92 Å². The fraction of sp³-hybridized carbons (Fsp3) is 0.538. The number of aliphatic hydroxyl groups is 1. The van der Waals surface area contributed by atoms with Crippen molar-refractivity contribution in [3.63, 3.8) is 0 Å². The maximum atomic E-state index is 11.9. The van der Waals surface area contributed by atoms with E-state index >= 15 is 0 Å². The molecular formula is C13H20N4O2. The summed E-state index contributed by atoms with van der Waals surface area (Å²) in [5.74, 6) is 0.738. The minimum atomic E-state index is -0.380. The number of anilines is 1. The van der Waals surface area contributed by atoms with Gasteiger partial charge in [0.05, 0.1) is 11.7 Å². The number of aliphatic hydroxyl groups excluding tert-OH is 1. The van der Waals surface area contributed by atoms with Crippen LogP contribution >= 0.6 is 0 Å². The fourth-order valence-corrected chi connectivity index (χ4v) is 2.04. The lowest BCUT2D eigenvalue weighted by molar-refractivity contribution is 0.0926. The minimum absolute atomic E-state index is 0.0814. The van der Waals surface area contributed by atoms with Crippen molar-refractivity contribution in [1.29, 1.82) is 0 Å². The highest BCUT2D eigenvalue weighted by molar-refractivity contribution is 5.94. The van der Waals surface area contributed by atoms with Gasteiger partial charge in [-0.25, -0.2) is 4.98 Å². The molecule has 1 fully saturated rings. The third-order valence-electron chi connectivity index (χ3n) is 3.30. The van der Waals surface area contributed by atoms with Crippen LogP contribution < -0.4 is 15.5 Å². The summed E-state index contributed by atoms with van der Waals surface area (Å²) in [5.41, 5.74) is 0.533. The van der Waals surface area contributed by atoms with Crippen LogP contribution in [0.15, 0.2) is 18.3 Å². The average Bonchev–Trinajstić information content (AvgIpc) is 2.81. The molecule has 6 heteroatoms. The second-order valence-corrected chi connectivity index (χ2v) is 5.00. The molecule has 1 aromatic rings. The third kappa shape index (κ3) is 3.42. The second-order valence-electron chi connectivity index (χ2n) is 5.00. The maximum absolute atomic E-state index is 11.9. The van der Waals surface area contributed by atoms with Crippen LogP contribution in [-0.2, 0) is 0 Å². The Morgan fingerprint density at radius 1 is 1.53 bits per heavy atom. The number of amides is 1. The van der Waals surface area contributed by atoms with E-state index in [0.29, 0.717) is 18.7 Å². The third-order valence-corrected chi connectivity index (χ3v) is 3.30. The van der Waals surface area contributed by atoms with E-state index in [9.17, 15) is 9.90 Å². The molecule has 1 aromatic heterocycles. The molecule has 0 saturated carbocycles. The van der Waals surface area contributed by atoms with Crippen molar-refractivity contribution >= 4 is 11.7 Å². The number of hydrogen-bond acceptors (Lipinski definition) is 5. The lowest BCUT2D eigenvalue weighted by atomic mass is 10.1. The van der Waals surface area contributed by atoms with E-state index in [1.807, 2.05) is 19.0 Å². The molecule has 0 aliphatic carbocycles. The van der Waals surface area contributed by atoms with Crippen molar-refractivity contribution in [3.8, 4) is 0 Å². The van der Waals surface area contributed by atoms with Gasteiger partial charge in [-0.15, -0.1) is 0 Å². The number of pyridine rings is 1. The number of hydrogen-bond donors (Lipinski definition) is 3. The Morgan fingerprint density at radius 2 is 2.32 bits per heavy atom. The molecule has 1 aliphatic rings. The number of β-amino-alcohol motifs (C(OH)–C–C–N with tert-alkyl or cyclic N) is 1. The molecule has 19 heavy (non-hydrogen) atoms. The Hall–Kier alpha value is -1.66. The molecule has 3 N–H and O–H groups in total. The Morgan fingerprint density at radius 3 is 2.84 bits per heavy atom. The predicted octanol–water partition coefficient (Wildman–Crippen LogP) is -0.542. The van der Waals surface area contributed by atoms with Crippen molar-refractivity contribution in [2.45, 2.75) is 6.10 Å². The van der Waals surface area contributed by atoms with E-state index in [1.54, 1.807) is 18.3 Å². The van der Waals surface area contributed by atoms with Crippen LogP contribution in [0.25, 0.3) is 0 Å². The van der Waals surface area contributed by atoms with E-state index < -0.39 is 0 Å². The molecule has 104 valence electrons. The number of carbonyl (C=O) groups is 1. The summed E-state index contributed by atoms with van der Waals surface area (Å²) in [6, 6.07) is 3.56. The van der Waals surface area contributed by atoms with Gasteiger partial charge in [0.2, 0.25) is 0 Å². The summed E-state index contributed by atoms with van der Waals surface area (Å²) in [6.07, 6.45) is 1.18. The molecule has 2 atom stereocenters. The summed E-state index contributed by atoms with van der Waals surface area (Å²) in [7, 11) is 3.80. The van der Waals surface area contributed by atoms with Gasteiger partial charge in [-0.1, -0.05) is 0 Å². The summed E-state index contributed by atoms with van der Waals surface area (Å²) in [6.45, 7) is 1.81. The molecule has 6 nitrogen and oxygen atoms in total. The van der Waals surface area contributed by atoms with E-state index in [1.165, 1.54) is 0 Å². The van der Waals surface area contributed by atoms with Gasteiger partial charge in [0.15, 0.2) is 0 Å². The highest BCUT2D eigenvalue weighted by Gasteiger charge is 2.25. The normalized spacial score (nSPS) is 22.3. The fourth-order valence-electron chi connectivity index (χ4n) is 2.04. The van der Waals surface area contributed by atoms with Crippen LogP contribution in [0.4, 0.5) is 5.82 Å². The molecule has 0 aromatic carbocycles. The smallest absolute Gasteiger partial charge is 0.252 e. The molecule has 1 amide bonds. The highest BCUT2D eigenvalue weighted by atomic mass is 16.3. The average molecular weight is 264 g/mol. The number of aromatic nitrogens is 1. The molecular weight excluding hydrogens is 244 g/mol. The van der Waals surface area contributed by atoms with Crippen molar-refractivity contribution in [2.75, 3.05) is 38.6 Å². The van der Waals surface area contributed by atoms with E-state index in [4.69, 9.17) is 0 Å². The zero-order valence-electron chi connectivity index (χ0n) is 11.3. The monoisotopic (exact) mass is 264 g/mol. The van der Waals surface area contributed by atoms with Gasteiger partial charge in [0.25, 0.3) is 5.91 Å². The number of nitrogens with one attached hydrogen (secondary N) is 2. The topological polar surface area (TPSA) is 77.5 Å². The van der Waals surface area contributed by atoms with Gasteiger partial charge in [-0.05, 0) is 12.1 Å². The summed E-state index contributed by atoms with van der Waals surface area (Å²) < 4.78 is 0. The molecule has 2 unspecified atom stereocenters. The second kappa shape index (κ2) is 5.99. The predicted molar refractivity (Wildman–Crippen MR) is 73.3 cm³/mol. The molecule has 2 rings (SSSR count). The Bertz CT molecular complexity index is 433. The first-order chi connectivity index (χ1) is 9.08. The maximum Gasteiger partial charge on any atom is 0.252 e. The minimum Gasteiger partial charge on any atom is -0.391 e. The van der Waals surface area contributed by atoms with Gasteiger partial charge in [0.1, 0.15) is 5.82 Å². The number of carbonyl (C=O) groups excluding carboxylic acids is 1. The molecule has 1 saturated heterocycles. The van der Waals surface area contributed by atoms with Gasteiger partial charge >= 0.3 is 0 Å². The molecule has 2 heterocycles. The summed E-state index contributed by atoms with van der Waals surface area (Å²) >= 11 is 0. The quantitative estimate of drug-likeness (QED) is 0.681. The van der Waals surface area contributed by atoms with Crippen molar-refractivity contribution in [1.82, 2.24) is 15.6 Å². The van der Waals surface area contributed by atoms with Gasteiger partial charge in [-0.3, -0.25) is 4.79 Å². The Kier molecular flexibility index (Phi) is 4.34. The molecule has 0 bridgehead atoms. The SMILES string of the molecule is CN(C)c1ccc(C(=O)NCC2CNCC2O)cn1. The summed E-state index contributed by atoms with van der Waals surface area (Å²) in [5, 5.41) is 15.6. The molecule has 0 radical (unpaired) electrons. The van der Waals surface area contributed by atoms with Crippen LogP contribution in [0.2, 0.25) is 0 Å². The largest absolute Gasteiger partial charge is 0.391 e. The van der Waals surface area contributed by atoms with Crippen molar-refractivity contribution in [3.05, 3.63) is 23.9 Å². The Balaban J connectivity index is 1.89. The van der Waals surface area contributed by atoms with Gasteiger partial charge < -0.3 is 20.6 Å². The van der Waals surface area contributed by atoms with E-state index in [2.05, 4.69) is 15.6 Å². The lowest BCUT2D eigenvalue weighted by Crippen LogP contribution is -2.34. The van der Waals surface area contributed by atoms with E-state index in [0.717, 1.165) is 12.4 Å². The van der Waals surface area contributed by atoms with Crippen LogP contribution in [0.1, 0.15) is 10.4 Å². The number of rotatable bonds is 4. The van der Waals surface area contributed by atoms with Crippen LogP contribution in [-0.4, -0.2) is 55.8 Å². The first kappa shape index (κ1) is 13.8. The molecule has 0 spiro atoms. The van der Waals surface area contributed by atoms with Gasteiger partial charge in [0, 0.05) is 45.8 Å². The zero-order valence-corrected chi connectivity index (χ0v) is 11.3. The van der Waals surface area contributed by atoms with Crippen molar-refractivity contribution < 1.29 is 9.90 Å². The highest BCUT2D eigenvalue weighted by Crippen LogP contribution is 2.09. The summed E-state index contributed by atoms with van der Waals surface area (Å²) in [4.78, 5) is 18.0.